The number of rotatable bonds is 3. The summed E-state index contributed by atoms with van der Waals surface area (Å²) in [6.07, 6.45) is 13.7. The highest BCUT2D eigenvalue weighted by molar-refractivity contribution is 5.87. The van der Waals surface area contributed by atoms with Crippen molar-refractivity contribution in [1.82, 2.24) is 0 Å². The highest BCUT2D eigenvalue weighted by Gasteiger charge is 2.57. The van der Waals surface area contributed by atoms with Crippen molar-refractivity contribution in [1.29, 1.82) is 0 Å². The lowest BCUT2D eigenvalue weighted by Gasteiger charge is -2.56. The van der Waals surface area contributed by atoms with Gasteiger partial charge >= 0.3 is 0 Å². The zero-order valence-electron chi connectivity index (χ0n) is 15.7. The molecule has 0 radical (unpaired) electrons. The number of aliphatic hydroxyl groups is 1. The number of Topliss-reactive ketones (excluding diaryl/α,β-unsaturated/α-hetero) is 1. The Bertz CT molecular complexity index is 500. The molecule has 0 aromatic carbocycles. The first-order chi connectivity index (χ1) is 11.5. The van der Waals surface area contributed by atoms with E-state index in [-0.39, 0.29) is 11.0 Å². The van der Waals surface area contributed by atoms with Gasteiger partial charge in [0.05, 0.1) is 5.60 Å². The molecule has 0 bridgehead atoms. The molecule has 0 aliphatic heterocycles. The summed E-state index contributed by atoms with van der Waals surface area (Å²) in [6, 6.07) is 0. The molecule has 2 heteroatoms. The van der Waals surface area contributed by atoms with Gasteiger partial charge in [0.15, 0.2) is 0 Å². The molecule has 7 atom stereocenters. The Hall–Kier alpha value is -0.370. The van der Waals surface area contributed by atoms with Crippen LogP contribution in [0, 0.1) is 35.0 Å². The van der Waals surface area contributed by atoms with Crippen molar-refractivity contribution < 1.29 is 9.90 Å². The molecule has 0 amide bonds. The average molecular weight is 333 g/mol. The van der Waals surface area contributed by atoms with Gasteiger partial charge in [-0.3, -0.25) is 4.79 Å². The van der Waals surface area contributed by atoms with Crippen LogP contribution in [0.5, 0.6) is 0 Å². The van der Waals surface area contributed by atoms with Crippen LogP contribution < -0.4 is 0 Å². The maximum absolute atomic E-state index is 12.4. The molecule has 0 aromatic rings. The van der Waals surface area contributed by atoms with E-state index in [1.54, 1.807) is 0 Å². The van der Waals surface area contributed by atoms with Gasteiger partial charge in [-0.15, -0.1) is 0 Å². The molecule has 2 nitrogen and oxygen atoms in total. The van der Waals surface area contributed by atoms with Crippen molar-refractivity contribution in [3.63, 3.8) is 0 Å². The number of carbonyl (C=O) groups excluding carboxylic acids is 1. The lowest BCUT2D eigenvalue weighted by Crippen LogP contribution is -2.51. The largest absolute Gasteiger partial charge is 0.390 e. The minimum Gasteiger partial charge on any atom is -0.390 e. The molecule has 4 aliphatic rings. The van der Waals surface area contributed by atoms with Crippen molar-refractivity contribution in [2.24, 2.45) is 35.0 Å². The third kappa shape index (κ3) is 2.59. The monoisotopic (exact) mass is 332 g/mol. The molecule has 0 saturated heterocycles. The van der Waals surface area contributed by atoms with Crippen LogP contribution in [0.15, 0.2) is 0 Å². The molecule has 4 aliphatic carbocycles. The summed E-state index contributed by atoms with van der Waals surface area (Å²) >= 11 is 0. The summed E-state index contributed by atoms with van der Waals surface area (Å²) in [7, 11) is 0. The van der Waals surface area contributed by atoms with Gasteiger partial charge in [0, 0.05) is 11.8 Å². The molecule has 136 valence electrons. The van der Waals surface area contributed by atoms with E-state index < -0.39 is 0 Å². The van der Waals surface area contributed by atoms with Crippen LogP contribution in [-0.4, -0.2) is 16.5 Å². The van der Waals surface area contributed by atoms with Crippen LogP contribution >= 0.6 is 0 Å². The SMILES string of the molecule is CCCC[C@@]1(O)CC[C@H]2[C@H](CC[C@@H]3[C@@H]2CC[C@]2(C)C(=O)CC[C@@H]32)C1. The Kier molecular flexibility index (Phi) is 4.34. The summed E-state index contributed by atoms with van der Waals surface area (Å²) in [6.45, 7) is 4.50. The molecule has 0 spiro atoms. The molecule has 1 N–H and O–H groups in total. The van der Waals surface area contributed by atoms with Gasteiger partial charge in [-0.25, -0.2) is 0 Å². The second-order valence-electron chi connectivity index (χ2n) is 9.92. The van der Waals surface area contributed by atoms with Gasteiger partial charge in [0.2, 0.25) is 0 Å². The molecule has 0 unspecified atom stereocenters. The zero-order valence-corrected chi connectivity index (χ0v) is 15.7. The molecule has 0 heterocycles. The van der Waals surface area contributed by atoms with E-state index in [0.717, 1.165) is 62.2 Å². The average Bonchev–Trinajstić information content (AvgIpc) is 2.88. The first-order valence-electron chi connectivity index (χ1n) is 10.7. The topological polar surface area (TPSA) is 37.3 Å². The van der Waals surface area contributed by atoms with E-state index in [1.807, 2.05) is 0 Å². The van der Waals surface area contributed by atoms with Crippen molar-refractivity contribution in [3.8, 4) is 0 Å². The van der Waals surface area contributed by atoms with Gasteiger partial charge in [0.1, 0.15) is 5.78 Å². The van der Waals surface area contributed by atoms with Crippen molar-refractivity contribution in [3.05, 3.63) is 0 Å². The van der Waals surface area contributed by atoms with E-state index in [1.165, 1.54) is 38.5 Å². The van der Waals surface area contributed by atoms with Gasteiger partial charge in [-0.1, -0.05) is 26.7 Å². The highest BCUT2D eigenvalue weighted by atomic mass is 16.3. The first-order valence-corrected chi connectivity index (χ1v) is 10.7. The third-order valence-corrected chi connectivity index (χ3v) is 8.81. The Labute approximate surface area is 147 Å². The smallest absolute Gasteiger partial charge is 0.139 e. The Morgan fingerprint density at radius 1 is 1.04 bits per heavy atom. The first kappa shape index (κ1) is 17.1. The van der Waals surface area contributed by atoms with Crippen LogP contribution in [0.3, 0.4) is 0 Å². The molecular weight excluding hydrogens is 296 g/mol. The molecule has 4 fully saturated rings. The number of hydrogen-bond donors (Lipinski definition) is 1. The maximum Gasteiger partial charge on any atom is 0.139 e. The Morgan fingerprint density at radius 2 is 1.83 bits per heavy atom. The molecule has 0 aromatic heterocycles. The molecule has 4 saturated carbocycles. The fourth-order valence-corrected chi connectivity index (χ4v) is 7.47. The fraction of sp³-hybridized carbons (Fsp3) is 0.955. The van der Waals surface area contributed by atoms with Crippen LogP contribution in [0.4, 0.5) is 0 Å². The highest BCUT2D eigenvalue weighted by Crippen LogP contribution is 2.62. The fourth-order valence-electron chi connectivity index (χ4n) is 7.47. The van der Waals surface area contributed by atoms with Crippen LogP contribution in [0.2, 0.25) is 0 Å². The lowest BCUT2D eigenvalue weighted by molar-refractivity contribution is -0.135. The van der Waals surface area contributed by atoms with E-state index >= 15 is 0 Å². The lowest BCUT2D eigenvalue weighted by atomic mass is 9.49. The molecular formula is C22H36O2. The predicted molar refractivity (Wildman–Crippen MR) is 96.6 cm³/mol. The Balaban J connectivity index is 1.48. The summed E-state index contributed by atoms with van der Waals surface area (Å²) in [5.41, 5.74) is -0.346. The molecule has 4 rings (SSSR count). The van der Waals surface area contributed by atoms with Crippen LogP contribution in [-0.2, 0) is 4.79 Å². The van der Waals surface area contributed by atoms with E-state index in [0.29, 0.717) is 11.7 Å². The normalized spacial score (nSPS) is 51.0. The van der Waals surface area contributed by atoms with E-state index in [2.05, 4.69) is 13.8 Å². The van der Waals surface area contributed by atoms with E-state index in [4.69, 9.17) is 0 Å². The second-order valence-corrected chi connectivity index (χ2v) is 9.92. The van der Waals surface area contributed by atoms with Gasteiger partial charge < -0.3 is 5.11 Å². The van der Waals surface area contributed by atoms with Gasteiger partial charge in [-0.05, 0) is 87.4 Å². The summed E-state index contributed by atoms with van der Waals surface area (Å²) in [5, 5.41) is 11.0. The number of unbranched alkanes of at least 4 members (excludes halogenated alkanes) is 1. The van der Waals surface area contributed by atoms with Crippen LogP contribution in [0.1, 0.15) is 90.9 Å². The summed E-state index contributed by atoms with van der Waals surface area (Å²) in [5.74, 6) is 4.48. The number of fused-ring (bicyclic) bond motifs is 5. The maximum atomic E-state index is 12.4. The number of carbonyl (C=O) groups is 1. The van der Waals surface area contributed by atoms with Gasteiger partial charge in [0.25, 0.3) is 0 Å². The van der Waals surface area contributed by atoms with Gasteiger partial charge in [-0.2, -0.15) is 0 Å². The predicted octanol–water partition coefficient (Wildman–Crippen LogP) is 5.13. The minimum absolute atomic E-state index is 0.0184. The molecule has 24 heavy (non-hydrogen) atoms. The third-order valence-electron chi connectivity index (χ3n) is 8.81. The van der Waals surface area contributed by atoms with Crippen molar-refractivity contribution in [2.75, 3.05) is 0 Å². The standard InChI is InChI=1S/C22H36O2/c1-3-4-11-22(24)13-10-16-15(14-22)5-6-18-17(16)9-12-21(2)19(18)7-8-20(21)23/h15-19,24H,3-14H2,1-2H3/t15-,16+,17-,18-,19+,21+,22-/m1/s1. The quantitative estimate of drug-likeness (QED) is 0.778. The number of hydrogen-bond acceptors (Lipinski definition) is 2. The summed E-state index contributed by atoms with van der Waals surface area (Å²) in [4.78, 5) is 12.4. The van der Waals surface area contributed by atoms with Crippen molar-refractivity contribution >= 4 is 5.78 Å². The van der Waals surface area contributed by atoms with Crippen LogP contribution in [0.25, 0.3) is 0 Å². The number of ketones is 1. The Morgan fingerprint density at radius 3 is 2.62 bits per heavy atom. The van der Waals surface area contributed by atoms with E-state index in [9.17, 15) is 9.90 Å². The zero-order chi connectivity index (χ0) is 16.9. The minimum atomic E-state index is -0.365. The summed E-state index contributed by atoms with van der Waals surface area (Å²) < 4.78 is 0. The second kappa shape index (κ2) is 6.11. The van der Waals surface area contributed by atoms with Crippen molar-refractivity contribution in [2.45, 2.75) is 96.5 Å².